The van der Waals surface area contributed by atoms with Crippen LogP contribution in [0, 0.1) is 0 Å². The van der Waals surface area contributed by atoms with Crippen molar-refractivity contribution in [1.29, 1.82) is 0 Å². The van der Waals surface area contributed by atoms with Gasteiger partial charge in [-0.2, -0.15) is 5.10 Å². The van der Waals surface area contributed by atoms with Crippen LogP contribution < -0.4 is 5.32 Å². The number of nitrogens with zero attached hydrogens (tertiary/aromatic N) is 3. The van der Waals surface area contributed by atoms with Crippen LogP contribution in [-0.2, 0) is 6.54 Å². The molecule has 4 nitrogen and oxygen atoms in total. The van der Waals surface area contributed by atoms with Gasteiger partial charge in [0.15, 0.2) is 0 Å². The van der Waals surface area contributed by atoms with E-state index in [-0.39, 0.29) is 0 Å². The lowest BCUT2D eigenvalue weighted by molar-refractivity contribution is 0.256. The molecule has 1 aliphatic rings. The number of hydrogen-bond donors (Lipinski definition) is 1. The summed E-state index contributed by atoms with van der Waals surface area (Å²) in [6.07, 6.45) is 8.08. The fraction of sp³-hybridized carbons (Fsp3) is 0.471. The molecule has 1 aromatic heterocycles. The van der Waals surface area contributed by atoms with Gasteiger partial charge in [-0.3, -0.25) is 0 Å². The smallest absolute Gasteiger partial charge is 0.0645 e. The molecule has 0 spiro atoms. The van der Waals surface area contributed by atoms with Crippen molar-refractivity contribution in [2.24, 2.45) is 0 Å². The van der Waals surface area contributed by atoms with Gasteiger partial charge in [-0.05, 0) is 38.6 Å². The van der Waals surface area contributed by atoms with Crippen LogP contribution in [0.3, 0.4) is 0 Å². The predicted molar refractivity (Wildman–Crippen MR) is 85.5 cm³/mol. The summed E-state index contributed by atoms with van der Waals surface area (Å²) in [7, 11) is 2.19. The SMILES string of the molecule is CN(Cc1cnn(-c2ccccc2)c1)CC1CCCCN1. The van der Waals surface area contributed by atoms with E-state index in [1.54, 1.807) is 0 Å². The highest BCUT2D eigenvalue weighted by Crippen LogP contribution is 2.11. The van der Waals surface area contributed by atoms with E-state index in [1.165, 1.54) is 31.4 Å². The minimum atomic E-state index is 0.646. The van der Waals surface area contributed by atoms with Crippen LogP contribution in [0.15, 0.2) is 42.7 Å². The molecular weight excluding hydrogens is 260 g/mol. The monoisotopic (exact) mass is 284 g/mol. The zero-order chi connectivity index (χ0) is 14.5. The second kappa shape index (κ2) is 6.87. The maximum absolute atomic E-state index is 4.46. The molecule has 0 amide bonds. The van der Waals surface area contributed by atoms with Crippen LogP contribution >= 0.6 is 0 Å². The number of benzene rings is 1. The number of nitrogens with one attached hydrogen (secondary N) is 1. The van der Waals surface area contributed by atoms with Gasteiger partial charge < -0.3 is 10.2 Å². The second-order valence-corrected chi connectivity index (χ2v) is 5.97. The number of likely N-dealkylation sites (N-methyl/N-ethyl adjacent to an activating group) is 1. The molecule has 3 rings (SSSR count). The third-order valence-corrected chi connectivity index (χ3v) is 4.05. The Labute approximate surface area is 126 Å². The molecule has 1 fully saturated rings. The lowest BCUT2D eigenvalue weighted by Gasteiger charge is -2.27. The first-order valence-electron chi connectivity index (χ1n) is 7.82. The van der Waals surface area contributed by atoms with E-state index in [2.05, 4.69) is 40.7 Å². The Balaban J connectivity index is 1.56. The largest absolute Gasteiger partial charge is 0.313 e. The molecule has 4 heteroatoms. The molecule has 112 valence electrons. The number of rotatable bonds is 5. The highest BCUT2D eigenvalue weighted by molar-refractivity contribution is 5.30. The molecular formula is C17H24N4. The van der Waals surface area contributed by atoms with Crippen molar-refractivity contribution in [2.45, 2.75) is 31.8 Å². The minimum absolute atomic E-state index is 0.646. The Morgan fingerprint density at radius 2 is 2.14 bits per heavy atom. The number of aromatic nitrogens is 2. The summed E-state index contributed by atoms with van der Waals surface area (Å²) in [5.74, 6) is 0. The lowest BCUT2D eigenvalue weighted by Crippen LogP contribution is -2.42. The molecule has 1 unspecified atom stereocenters. The maximum Gasteiger partial charge on any atom is 0.0645 e. The Morgan fingerprint density at radius 1 is 1.29 bits per heavy atom. The normalized spacial score (nSPS) is 19.0. The lowest BCUT2D eigenvalue weighted by atomic mass is 10.0. The van der Waals surface area contributed by atoms with Gasteiger partial charge in [0.2, 0.25) is 0 Å². The van der Waals surface area contributed by atoms with Crippen molar-refractivity contribution < 1.29 is 0 Å². The molecule has 1 aliphatic heterocycles. The molecule has 1 aromatic carbocycles. The Kier molecular flexibility index (Phi) is 4.68. The van der Waals surface area contributed by atoms with Crippen LogP contribution in [0.1, 0.15) is 24.8 Å². The van der Waals surface area contributed by atoms with Gasteiger partial charge in [-0.15, -0.1) is 0 Å². The number of piperidine rings is 1. The van der Waals surface area contributed by atoms with E-state index < -0.39 is 0 Å². The van der Waals surface area contributed by atoms with Gasteiger partial charge in [-0.1, -0.05) is 24.6 Å². The van der Waals surface area contributed by atoms with Crippen LogP contribution in [0.2, 0.25) is 0 Å². The molecule has 1 atom stereocenters. The first kappa shape index (κ1) is 14.3. The highest BCUT2D eigenvalue weighted by Gasteiger charge is 2.15. The van der Waals surface area contributed by atoms with Crippen LogP contribution in [0.5, 0.6) is 0 Å². The quantitative estimate of drug-likeness (QED) is 0.915. The molecule has 0 aliphatic carbocycles. The Morgan fingerprint density at radius 3 is 2.90 bits per heavy atom. The molecule has 2 heterocycles. The van der Waals surface area contributed by atoms with Gasteiger partial charge in [0, 0.05) is 30.9 Å². The standard InChI is InChI=1S/C17H24N4/c1-20(14-16-7-5-6-10-18-16)12-15-11-19-21(13-15)17-8-3-2-4-9-17/h2-4,8-9,11,13,16,18H,5-7,10,12,14H2,1H3. The number of hydrogen-bond acceptors (Lipinski definition) is 3. The maximum atomic E-state index is 4.46. The van der Waals surface area contributed by atoms with E-state index in [1.807, 2.05) is 29.1 Å². The van der Waals surface area contributed by atoms with Crippen molar-refractivity contribution in [3.8, 4) is 5.69 Å². The molecule has 0 radical (unpaired) electrons. The molecule has 1 saturated heterocycles. The summed E-state index contributed by atoms with van der Waals surface area (Å²) in [5, 5.41) is 8.07. The van der Waals surface area contributed by atoms with Crippen molar-refractivity contribution >= 4 is 0 Å². The summed E-state index contributed by atoms with van der Waals surface area (Å²) in [6, 6.07) is 10.9. The van der Waals surface area contributed by atoms with E-state index in [9.17, 15) is 0 Å². The molecule has 1 N–H and O–H groups in total. The van der Waals surface area contributed by atoms with E-state index in [0.29, 0.717) is 6.04 Å². The van der Waals surface area contributed by atoms with Crippen molar-refractivity contribution in [3.63, 3.8) is 0 Å². The van der Waals surface area contributed by atoms with Gasteiger partial charge in [-0.25, -0.2) is 4.68 Å². The third-order valence-electron chi connectivity index (χ3n) is 4.05. The molecule has 0 bridgehead atoms. The van der Waals surface area contributed by atoms with Gasteiger partial charge in [0.1, 0.15) is 0 Å². The summed E-state index contributed by atoms with van der Waals surface area (Å²) < 4.78 is 1.95. The average molecular weight is 284 g/mol. The van der Waals surface area contributed by atoms with E-state index >= 15 is 0 Å². The summed E-state index contributed by atoms with van der Waals surface area (Å²) >= 11 is 0. The van der Waals surface area contributed by atoms with Crippen molar-refractivity contribution in [1.82, 2.24) is 20.0 Å². The zero-order valence-corrected chi connectivity index (χ0v) is 12.7. The third kappa shape index (κ3) is 3.93. The minimum Gasteiger partial charge on any atom is -0.313 e. The topological polar surface area (TPSA) is 33.1 Å². The fourth-order valence-electron chi connectivity index (χ4n) is 3.00. The summed E-state index contributed by atoms with van der Waals surface area (Å²) in [5.41, 5.74) is 2.37. The zero-order valence-electron chi connectivity index (χ0n) is 12.7. The van der Waals surface area contributed by atoms with Crippen molar-refractivity contribution in [2.75, 3.05) is 20.1 Å². The average Bonchev–Trinajstić information content (AvgIpc) is 2.97. The van der Waals surface area contributed by atoms with Crippen LogP contribution in [0.25, 0.3) is 5.69 Å². The van der Waals surface area contributed by atoms with E-state index in [4.69, 9.17) is 0 Å². The number of para-hydroxylation sites is 1. The van der Waals surface area contributed by atoms with Crippen LogP contribution in [-0.4, -0.2) is 40.9 Å². The molecule has 21 heavy (non-hydrogen) atoms. The first-order chi connectivity index (χ1) is 10.3. The van der Waals surface area contributed by atoms with Gasteiger partial charge in [0.25, 0.3) is 0 Å². The van der Waals surface area contributed by atoms with Gasteiger partial charge >= 0.3 is 0 Å². The Hall–Kier alpha value is -1.65. The fourth-order valence-corrected chi connectivity index (χ4v) is 3.00. The Bertz CT molecular complexity index is 543. The second-order valence-electron chi connectivity index (χ2n) is 5.97. The molecule has 0 saturated carbocycles. The highest BCUT2D eigenvalue weighted by atomic mass is 15.3. The van der Waals surface area contributed by atoms with Gasteiger partial charge in [0.05, 0.1) is 11.9 Å². The summed E-state index contributed by atoms with van der Waals surface area (Å²) in [4.78, 5) is 2.38. The van der Waals surface area contributed by atoms with E-state index in [0.717, 1.165) is 18.8 Å². The predicted octanol–water partition coefficient (Wildman–Crippen LogP) is 2.45. The first-order valence-corrected chi connectivity index (χ1v) is 7.82. The van der Waals surface area contributed by atoms with Crippen LogP contribution in [0.4, 0.5) is 0 Å². The summed E-state index contributed by atoms with van der Waals surface area (Å²) in [6.45, 7) is 3.23. The molecule has 2 aromatic rings. The van der Waals surface area contributed by atoms with Crippen molar-refractivity contribution in [3.05, 3.63) is 48.3 Å².